The minimum absolute atomic E-state index is 0.120. The van der Waals surface area contributed by atoms with Gasteiger partial charge in [-0.2, -0.15) is 0 Å². The Morgan fingerprint density at radius 2 is 1.96 bits per heavy atom. The number of rotatable bonds is 2. The van der Waals surface area contributed by atoms with Crippen molar-refractivity contribution in [3.8, 4) is 11.3 Å². The van der Waals surface area contributed by atoms with Gasteiger partial charge in [-0.15, -0.1) is 0 Å². The summed E-state index contributed by atoms with van der Waals surface area (Å²) in [4.78, 5) is 12.8. The fourth-order valence-corrected chi connectivity index (χ4v) is 4.55. The van der Waals surface area contributed by atoms with E-state index in [4.69, 9.17) is 22.3 Å². The Morgan fingerprint density at radius 3 is 2.64 bits per heavy atom. The van der Waals surface area contributed by atoms with E-state index in [0.717, 1.165) is 37.0 Å². The van der Waals surface area contributed by atoms with Gasteiger partial charge in [0.1, 0.15) is 11.5 Å². The van der Waals surface area contributed by atoms with Gasteiger partial charge in [0.05, 0.1) is 16.9 Å². The molecule has 2 N–H and O–H groups in total. The lowest BCUT2D eigenvalue weighted by Gasteiger charge is -2.29. The first-order valence-corrected chi connectivity index (χ1v) is 9.01. The highest BCUT2D eigenvalue weighted by molar-refractivity contribution is 6.32. The largest absolute Gasteiger partial charge is 0.368 e. The fourth-order valence-electron chi connectivity index (χ4n) is 4.35. The van der Waals surface area contributed by atoms with Gasteiger partial charge in [-0.25, -0.2) is 14.4 Å². The second-order valence-electron chi connectivity index (χ2n) is 7.22. The molecule has 6 heteroatoms. The van der Waals surface area contributed by atoms with Gasteiger partial charge in [-0.1, -0.05) is 38.3 Å². The van der Waals surface area contributed by atoms with Crippen molar-refractivity contribution < 1.29 is 4.39 Å². The standard InChI is InChI=1S/C19H20ClFN4/c1-10(2)17-19(5-3-4-6-19)12-7-11(8-14(21)16(12)24-17)15-13(20)9-23-18(22)25-15/h7-10H,3-6H2,1-2H3,(H2,22,23,25). The van der Waals surface area contributed by atoms with E-state index in [9.17, 15) is 4.39 Å². The number of nitrogens with two attached hydrogens (primary N) is 1. The molecule has 1 aliphatic carbocycles. The van der Waals surface area contributed by atoms with Crippen LogP contribution in [0.1, 0.15) is 45.1 Å². The predicted molar refractivity (Wildman–Crippen MR) is 98.9 cm³/mol. The van der Waals surface area contributed by atoms with Crippen LogP contribution < -0.4 is 5.73 Å². The maximum Gasteiger partial charge on any atom is 0.220 e. The average Bonchev–Trinajstić information content (AvgIpc) is 3.17. The summed E-state index contributed by atoms with van der Waals surface area (Å²) in [5.74, 6) is 0.0734. The lowest BCUT2D eigenvalue weighted by atomic mass is 9.72. The molecule has 4 rings (SSSR count). The second kappa shape index (κ2) is 5.77. The van der Waals surface area contributed by atoms with Crippen molar-refractivity contribution in [1.82, 2.24) is 9.97 Å². The molecule has 0 amide bonds. The third kappa shape index (κ3) is 2.44. The number of nitrogens with zero attached hydrogens (tertiary/aromatic N) is 3. The van der Waals surface area contributed by atoms with Gasteiger partial charge in [0.2, 0.25) is 5.95 Å². The lowest BCUT2D eigenvalue weighted by Crippen LogP contribution is -2.33. The van der Waals surface area contributed by atoms with Crippen LogP contribution in [0.15, 0.2) is 23.3 Å². The number of fused-ring (bicyclic) bond motifs is 2. The molecule has 4 nitrogen and oxygen atoms in total. The summed E-state index contributed by atoms with van der Waals surface area (Å²) in [6.07, 6.45) is 5.75. The van der Waals surface area contributed by atoms with E-state index in [1.165, 1.54) is 12.3 Å². The third-order valence-electron chi connectivity index (χ3n) is 5.34. The minimum Gasteiger partial charge on any atom is -0.368 e. The van der Waals surface area contributed by atoms with Crippen LogP contribution in [-0.4, -0.2) is 15.7 Å². The molecule has 130 valence electrons. The summed E-state index contributed by atoms with van der Waals surface area (Å²) < 4.78 is 14.9. The summed E-state index contributed by atoms with van der Waals surface area (Å²) in [5.41, 5.74) is 9.19. The molecule has 2 aliphatic rings. The first-order chi connectivity index (χ1) is 11.9. The maximum atomic E-state index is 14.9. The van der Waals surface area contributed by atoms with E-state index in [2.05, 4.69) is 23.8 Å². The average molecular weight is 359 g/mol. The topological polar surface area (TPSA) is 64.2 Å². The van der Waals surface area contributed by atoms with Crippen LogP contribution in [0.4, 0.5) is 16.0 Å². The van der Waals surface area contributed by atoms with Crippen molar-refractivity contribution in [3.05, 3.63) is 34.7 Å². The fraction of sp³-hybridized carbons (Fsp3) is 0.421. The summed E-state index contributed by atoms with van der Waals surface area (Å²) >= 11 is 6.23. The van der Waals surface area contributed by atoms with Gasteiger partial charge in [0.15, 0.2) is 0 Å². The molecule has 0 saturated heterocycles. The maximum absolute atomic E-state index is 14.9. The van der Waals surface area contributed by atoms with Gasteiger partial charge in [0, 0.05) is 16.7 Å². The number of anilines is 1. The predicted octanol–water partition coefficient (Wildman–Crippen LogP) is 5.07. The van der Waals surface area contributed by atoms with Gasteiger partial charge >= 0.3 is 0 Å². The monoisotopic (exact) mass is 358 g/mol. The Bertz CT molecular complexity index is 885. The molecule has 2 heterocycles. The molecule has 1 spiro atoms. The Hall–Kier alpha value is -2.01. The van der Waals surface area contributed by atoms with E-state index < -0.39 is 0 Å². The second-order valence-corrected chi connectivity index (χ2v) is 7.63. The zero-order valence-corrected chi connectivity index (χ0v) is 15.1. The van der Waals surface area contributed by atoms with Crippen LogP contribution >= 0.6 is 11.6 Å². The molecule has 0 unspecified atom stereocenters. The number of aromatic nitrogens is 2. The van der Waals surface area contributed by atoms with E-state index in [1.54, 1.807) is 0 Å². The summed E-state index contributed by atoms with van der Waals surface area (Å²) in [5, 5.41) is 0.358. The molecule has 2 aromatic rings. The zero-order chi connectivity index (χ0) is 17.8. The van der Waals surface area contributed by atoms with E-state index >= 15 is 0 Å². The van der Waals surface area contributed by atoms with Crippen molar-refractivity contribution in [3.63, 3.8) is 0 Å². The minimum atomic E-state index is -0.331. The summed E-state index contributed by atoms with van der Waals surface area (Å²) in [6.45, 7) is 4.26. The van der Waals surface area contributed by atoms with Crippen molar-refractivity contribution in [2.45, 2.75) is 44.9 Å². The van der Waals surface area contributed by atoms with Crippen LogP contribution in [0.5, 0.6) is 0 Å². The zero-order valence-electron chi connectivity index (χ0n) is 14.3. The molecule has 0 radical (unpaired) electrons. The SMILES string of the molecule is CC(C)C1=Nc2c(F)cc(-c3nc(N)ncc3Cl)cc2C12CCCC2. The first kappa shape index (κ1) is 16.5. The first-order valence-electron chi connectivity index (χ1n) is 8.64. The van der Waals surface area contributed by atoms with Crippen LogP contribution in [0.25, 0.3) is 11.3 Å². The van der Waals surface area contributed by atoms with E-state index in [0.29, 0.717) is 22.0 Å². The summed E-state index contributed by atoms with van der Waals surface area (Å²) in [6, 6.07) is 3.44. The number of aliphatic imine (C=N–C) groups is 1. The van der Waals surface area contributed by atoms with Crippen LogP contribution in [-0.2, 0) is 5.41 Å². The molecule has 25 heavy (non-hydrogen) atoms. The molecular formula is C19H20ClFN4. The van der Waals surface area contributed by atoms with Crippen molar-refractivity contribution in [1.29, 1.82) is 0 Å². The van der Waals surface area contributed by atoms with Crippen LogP contribution in [0.2, 0.25) is 5.02 Å². The molecule has 1 aromatic carbocycles. The molecule has 0 bridgehead atoms. The highest BCUT2D eigenvalue weighted by Gasteiger charge is 2.47. The van der Waals surface area contributed by atoms with Crippen LogP contribution in [0, 0.1) is 11.7 Å². The van der Waals surface area contributed by atoms with Crippen LogP contribution in [0.3, 0.4) is 0 Å². The Balaban J connectivity index is 1.93. The third-order valence-corrected chi connectivity index (χ3v) is 5.62. The van der Waals surface area contributed by atoms with Crippen molar-refractivity contribution >= 4 is 28.9 Å². The number of benzene rings is 1. The normalized spacial score (nSPS) is 18.0. The number of halogens is 2. The smallest absolute Gasteiger partial charge is 0.220 e. The Kier molecular flexibility index (Phi) is 3.80. The van der Waals surface area contributed by atoms with Gasteiger partial charge < -0.3 is 5.73 Å². The van der Waals surface area contributed by atoms with E-state index in [-0.39, 0.29) is 23.1 Å². The Labute approximate surface area is 151 Å². The van der Waals surface area contributed by atoms with Crippen molar-refractivity contribution in [2.75, 3.05) is 5.73 Å². The van der Waals surface area contributed by atoms with Crippen molar-refractivity contribution in [2.24, 2.45) is 10.9 Å². The molecule has 1 fully saturated rings. The van der Waals surface area contributed by atoms with E-state index in [1.807, 2.05) is 6.07 Å². The lowest BCUT2D eigenvalue weighted by molar-refractivity contribution is 0.576. The molecule has 0 atom stereocenters. The van der Waals surface area contributed by atoms with Gasteiger partial charge in [-0.3, -0.25) is 4.99 Å². The molecule has 1 aliphatic heterocycles. The number of hydrogen-bond acceptors (Lipinski definition) is 4. The quantitative estimate of drug-likeness (QED) is 0.814. The Morgan fingerprint density at radius 1 is 1.24 bits per heavy atom. The number of hydrogen-bond donors (Lipinski definition) is 1. The summed E-state index contributed by atoms with van der Waals surface area (Å²) in [7, 11) is 0. The molecule has 1 aromatic heterocycles. The molecule has 1 saturated carbocycles. The van der Waals surface area contributed by atoms with Gasteiger partial charge in [0.25, 0.3) is 0 Å². The molecular weight excluding hydrogens is 339 g/mol. The highest BCUT2D eigenvalue weighted by atomic mass is 35.5. The highest BCUT2D eigenvalue weighted by Crippen LogP contribution is 2.53. The van der Waals surface area contributed by atoms with Gasteiger partial charge in [-0.05, 0) is 36.5 Å². The number of nitrogen functional groups attached to an aromatic ring is 1.